The van der Waals surface area contributed by atoms with Crippen molar-refractivity contribution in [2.75, 3.05) is 0 Å². The summed E-state index contributed by atoms with van der Waals surface area (Å²) < 4.78 is 11.0. The van der Waals surface area contributed by atoms with Crippen LogP contribution in [0.4, 0.5) is 0 Å². The standard InChI is InChI=1S/C20H19ClN2O3/c1-13-18(14(2)26-23-13)12-25-19-9-4-3-8-17(19)20(24)22-11-15-6-5-7-16(21)10-15/h3-10H,11-12H2,1-2H3,(H,22,24). The van der Waals surface area contributed by atoms with Gasteiger partial charge < -0.3 is 14.6 Å². The molecule has 0 fully saturated rings. The number of aromatic nitrogens is 1. The fourth-order valence-corrected chi connectivity index (χ4v) is 2.78. The van der Waals surface area contributed by atoms with Gasteiger partial charge in [0.15, 0.2) is 0 Å². The Hall–Kier alpha value is -2.79. The fraction of sp³-hybridized carbons (Fsp3) is 0.200. The molecule has 0 aliphatic carbocycles. The van der Waals surface area contributed by atoms with Crippen molar-refractivity contribution in [2.45, 2.75) is 27.0 Å². The lowest BCUT2D eigenvalue weighted by Gasteiger charge is -2.12. The number of para-hydroxylation sites is 1. The minimum Gasteiger partial charge on any atom is -0.488 e. The van der Waals surface area contributed by atoms with Crippen LogP contribution in [0.1, 0.15) is 32.9 Å². The lowest BCUT2D eigenvalue weighted by atomic mass is 10.1. The summed E-state index contributed by atoms with van der Waals surface area (Å²) >= 11 is 5.97. The third kappa shape index (κ3) is 4.24. The Labute approximate surface area is 156 Å². The summed E-state index contributed by atoms with van der Waals surface area (Å²) in [6.07, 6.45) is 0. The molecule has 2 aromatic carbocycles. The predicted octanol–water partition coefficient (Wildman–Crippen LogP) is 4.45. The van der Waals surface area contributed by atoms with Gasteiger partial charge in [-0.05, 0) is 43.7 Å². The van der Waals surface area contributed by atoms with Crippen LogP contribution in [0.2, 0.25) is 5.02 Å². The van der Waals surface area contributed by atoms with Crippen LogP contribution in [0.5, 0.6) is 5.75 Å². The van der Waals surface area contributed by atoms with Crippen molar-refractivity contribution < 1.29 is 14.1 Å². The highest BCUT2D eigenvalue weighted by Gasteiger charge is 2.14. The van der Waals surface area contributed by atoms with Gasteiger partial charge in [-0.25, -0.2) is 0 Å². The van der Waals surface area contributed by atoms with E-state index in [4.69, 9.17) is 20.9 Å². The molecule has 0 unspecified atom stereocenters. The van der Waals surface area contributed by atoms with Gasteiger partial charge in [-0.2, -0.15) is 0 Å². The molecule has 0 aliphatic heterocycles. The van der Waals surface area contributed by atoms with E-state index in [-0.39, 0.29) is 5.91 Å². The number of benzene rings is 2. The molecule has 0 saturated heterocycles. The van der Waals surface area contributed by atoms with Crippen molar-refractivity contribution in [3.8, 4) is 5.75 Å². The number of carbonyl (C=O) groups excluding carboxylic acids is 1. The summed E-state index contributed by atoms with van der Waals surface area (Å²) in [6.45, 7) is 4.37. The number of aryl methyl sites for hydroxylation is 2. The predicted molar refractivity (Wildman–Crippen MR) is 99.4 cm³/mol. The Balaban J connectivity index is 1.69. The molecule has 1 amide bonds. The van der Waals surface area contributed by atoms with Gasteiger partial charge in [-0.1, -0.05) is 41.0 Å². The minimum absolute atomic E-state index is 0.209. The number of nitrogens with zero attached hydrogens (tertiary/aromatic N) is 1. The number of nitrogens with one attached hydrogen (secondary N) is 1. The third-order valence-corrected chi connectivity index (χ3v) is 4.26. The molecule has 0 bridgehead atoms. The highest BCUT2D eigenvalue weighted by Crippen LogP contribution is 2.21. The maximum Gasteiger partial charge on any atom is 0.255 e. The fourth-order valence-electron chi connectivity index (χ4n) is 2.56. The summed E-state index contributed by atoms with van der Waals surface area (Å²) in [6, 6.07) is 14.5. The first-order valence-corrected chi connectivity index (χ1v) is 8.58. The van der Waals surface area contributed by atoms with Gasteiger partial charge >= 0.3 is 0 Å². The first-order valence-electron chi connectivity index (χ1n) is 8.21. The van der Waals surface area contributed by atoms with Crippen LogP contribution in [-0.4, -0.2) is 11.1 Å². The lowest BCUT2D eigenvalue weighted by molar-refractivity contribution is 0.0946. The largest absolute Gasteiger partial charge is 0.488 e. The normalized spacial score (nSPS) is 10.6. The first-order chi connectivity index (χ1) is 12.5. The van der Waals surface area contributed by atoms with Gasteiger partial charge in [0.05, 0.1) is 16.8 Å². The molecule has 0 spiro atoms. The lowest BCUT2D eigenvalue weighted by Crippen LogP contribution is -2.23. The molecule has 0 aliphatic rings. The SMILES string of the molecule is Cc1noc(C)c1COc1ccccc1C(=O)NCc1cccc(Cl)c1. The molecule has 26 heavy (non-hydrogen) atoms. The Kier molecular flexibility index (Phi) is 5.58. The number of ether oxygens (including phenoxy) is 1. The molecule has 5 nitrogen and oxygen atoms in total. The van der Waals surface area contributed by atoms with Gasteiger partial charge in [0.25, 0.3) is 5.91 Å². The maximum absolute atomic E-state index is 12.6. The van der Waals surface area contributed by atoms with Crippen LogP contribution >= 0.6 is 11.6 Å². The average Bonchev–Trinajstić information content (AvgIpc) is 2.96. The second kappa shape index (κ2) is 8.06. The van der Waals surface area contributed by atoms with Crippen LogP contribution in [0.3, 0.4) is 0 Å². The van der Waals surface area contributed by atoms with E-state index in [1.54, 1.807) is 24.3 Å². The summed E-state index contributed by atoms with van der Waals surface area (Å²) in [5, 5.41) is 7.44. The first kappa shape index (κ1) is 18.0. The molecule has 1 heterocycles. The van der Waals surface area contributed by atoms with Crippen LogP contribution in [0, 0.1) is 13.8 Å². The summed E-state index contributed by atoms with van der Waals surface area (Å²) in [5.41, 5.74) is 3.07. The van der Waals surface area contributed by atoms with E-state index in [0.717, 1.165) is 16.8 Å². The highest BCUT2D eigenvalue weighted by molar-refractivity contribution is 6.30. The summed E-state index contributed by atoms with van der Waals surface area (Å²) in [7, 11) is 0. The van der Waals surface area contributed by atoms with Gasteiger partial charge in [0.2, 0.25) is 0 Å². The number of hydrogen-bond acceptors (Lipinski definition) is 4. The monoisotopic (exact) mass is 370 g/mol. The number of amides is 1. The van der Waals surface area contributed by atoms with Crippen LogP contribution in [-0.2, 0) is 13.2 Å². The Morgan fingerprint density at radius 1 is 1.19 bits per heavy atom. The molecular formula is C20H19ClN2O3. The summed E-state index contributed by atoms with van der Waals surface area (Å²) in [4.78, 5) is 12.6. The van der Waals surface area contributed by atoms with Crippen LogP contribution in [0.25, 0.3) is 0 Å². The molecule has 134 valence electrons. The molecular weight excluding hydrogens is 352 g/mol. The highest BCUT2D eigenvalue weighted by atomic mass is 35.5. The number of rotatable bonds is 6. The molecule has 1 aromatic heterocycles. The maximum atomic E-state index is 12.6. The van der Waals surface area contributed by atoms with Crippen molar-refractivity contribution in [3.05, 3.63) is 81.7 Å². The molecule has 0 saturated carbocycles. The van der Waals surface area contributed by atoms with Gasteiger partial charge in [0.1, 0.15) is 18.1 Å². The van der Waals surface area contributed by atoms with Crippen LogP contribution < -0.4 is 10.1 Å². The molecule has 3 rings (SSSR count). The zero-order chi connectivity index (χ0) is 18.5. The minimum atomic E-state index is -0.209. The molecule has 6 heteroatoms. The van der Waals surface area contributed by atoms with Crippen molar-refractivity contribution in [3.63, 3.8) is 0 Å². The van der Waals surface area contributed by atoms with E-state index < -0.39 is 0 Å². The van der Waals surface area contributed by atoms with Gasteiger partial charge in [-0.15, -0.1) is 0 Å². The third-order valence-electron chi connectivity index (χ3n) is 4.03. The molecule has 0 radical (unpaired) electrons. The zero-order valence-corrected chi connectivity index (χ0v) is 15.3. The molecule has 0 atom stereocenters. The van der Waals surface area contributed by atoms with E-state index >= 15 is 0 Å². The Morgan fingerprint density at radius 3 is 2.73 bits per heavy atom. The van der Waals surface area contributed by atoms with Crippen molar-refractivity contribution in [1.82, 2.24) is 10.5 Å². The van der Waals surface area contributed by atoms with Crippen molar-refractivity contribution in [2.24, 2.45) is 0 Å². The number of hydrogen-bond donors (Lipinski definition) is 1. The summed E-state index contributed by atoms with van der Waals surface area (Å²) in [5.74, 6) is 1.01. The topological polar surface area (TPSA) is 64.4 Å². The van der Waals surface area contributed by atoms with Gasteiger partial charge in [-0.3, -0.25) is 4.79 Å². The second-order valence-corrected chi connectivity index (χ2v) is 6.34. The smallest absolute Gasteiger partial charge is 0.255 e. The Bertz CT molecular complexity index is 901. The van der Waals surface area contributed by atoms with Gasteiger partial charge in [0, 0.05) is 11.6 Å². The quantitative estimate of drug-likeness (QED) is 0.696. The van der Waals surface area contributed by atoms with Crippen molar-refractivity contribution in [1.29, 1.82) is 0 Å². The van der Waals surface area contributed by atoms with E-state index in [1.807, 2.05) is 38.1 Å². The van der Waals surface area contributed by atoms with E-state index in [2.05, 4.69) is 10.5 Å². The Morgan fingerprint density at radius 2 is 2.00 bits per heavy atom. The van der Waals surface area contributed by atoms with Crippen molar-refractivity contribution >= 4 is 17.5 Å². The molecule has 1 N–H and O–H groups in total. The molecule has 3 aromatic rings. The average molecular weight is 371 g/mol. The van der Waals surface area contributed by atoms with Crippen LogP contribution in [0.15, 0.2) is 53.1 Å². The number of halogens is 1. The van der Waals surface area contributed by atoms with E-state index in [1.165, 1.54) is 0 Å². The van der Waals surface area contributed by atoms with E-state index in [0.29, 0.717) is 35.2 Å². The number of carbonyl (C=O) groups is 1. The van der Waals surface area contributed by atoms with E-state index in [9.17, 15) is 4.79 Å². The zero-order valence-electron chi connectivity index (χ0n) is 14.6. The second-order valence-electron chi connectivity index (χ2n) is 5.90.